The number of hydrogen-bond acceptors (Lipinski definition) is 2. The van der Waals surface area contributed by atoms with Crippen molar-refractivity contribution in [3.8, 4) is 0 Å². The van der Waals surface area contributed by atoms with E-state index in [0.717, 1.165) is 131 Å². The molecule has 81 heavy (non-hydrogen) atoms. The zero-order valence-electron chi connectivity index (χ0n) is 56.2. The van der Waals surface area contributed by atoms with E-state index in [1.165, 1.54) is 270 Å². The maximum Gasteiger partial charge on any atom is 0.303 e. The molecule has 0 aromatic heterocycles. The van der Waals surface area contributed by atoms with E-state index in [0.29, 0.717) is 18.3 Å². The van der Waals surface area contributed by atoms with E-state index in [1.54, 1.807) is 0 Å². The van der Waals surface area contributed by atoms with Gasteiger partial charge in [0.25, 0.3) is 0 Å². The van der Waals surface area contributed by atoms with E-state index in [2.05, 4.69) is 69.2 Å². The Kier molecular flexibility index (Phi) is 32.3. The van der Waals surface area contributed by atoms with Crippen molar-refractivity contribution in [1.29, 1.82) is 0 Å². The van der Waals surface area contributed by atoms with Crippen LogP contribution in [0.2, 0.25) is 0 Å². The summed E-state index contributed by atoms with van der Waals surface area (Å²) in [6.45, 7) is 25.4. The van der Waals surface area contributed by atoms with E-state index >= 15 is 0 Å². The number of carboxylic acids is 1. The van der Waals surface area contributed by atoms with E-state index in [1.807, 2.05) is 0 Å². The number of carbonyl (C=O) groups excluding carboxylic acids is 1. The standard InChI is InChI=1S/C78H142O3/c1-56(2)17-11-27-66-35-39-70(49-66)60(7)21-13-19-58(5)29-31-64(25-15-23-62(9)72-43-45-76(54-72)74-41-37-68(51-74)47-48-79)33-34-65(26-16-24-63(10)73-44-46-77(55-73)75-42-38-69(52-75)53-78(80)81)32-30-59(6)20-14-22-61(8)71-40-36-67(50-71)28-12-18-57(3)4/h48,56-77H,11-47,49-55H2,1-10H3,(H,80,81). The first-order valence-electron chi connectivity index (χ1n) is 37.7. The van der Waals surface area contributed by atoms with Gasteiger partial charge in [-0.25, -0.2) is 0 Å². The summed E-state index contributed by atoms with van der Waals surface area (Å²) in [5.41, 5.74) is 0. The van der Waals surface area contributed by atoms with Gasteiger partial charge in [-0.15, -0.1) is 0 Å². The van der Waals surface area contributed by atoms with Crippen LogP contribution in [0.3, 0.4) is 0 Å². The smallest absolute Gasteiger partial charge is 0.303 e. The van der Waals surface area contributed by atoms with Gasteiger partial charge in [0.2, 0.25) is 0 Å². The van der Waals surface area contributed by atoms with Crippen LogP contribution >= 0.6 is 0 Å². The van der Waals surface area contributed by atoms with Gasteiger partial charge in [-0.05, 0) is 233 Å². The van der Waals surface area contributed by atoms with Crippen molar-refractivity contribution in [3.05, 3.63) is 0 Å². The largest absolute Gasteiger partial charge is 0.481 e. The minimum Gasteiger partial charge on any atom is -0.481 e. The number of aliphatic carboxylic acids is 1. The van der Waals surface area contributed by atoms with E-state index in [9.17, 15) is 14.7 Å². The first-order valence-corrected chi connectivity index (χ1v) is 37.7. The number of carboxylic acid groups (broad SMARTS) is 1. The highest BCUT2D eigenvalue weighted by atomic mass is 16.4. The van der Waals surface area contributed by atoms with Crippen molar-refractivity contribution < 1.29 is 14.7 Å². The SMILES string of the molecule is CC(C)CCCC1CCC(C(C)CCCC(C)CCC(CCCC(C)C2CCC(C3CCC(CC=O)C3)C2)CCC(CCCC(C)C2CCC(C3CCC(CC(=O)O)C3)C2)CCC(C)CCCC(C)C2CCC(CCCC(C)C)C2)C1. The molecular weight excluding hydrogens is 985 g/mol. The van der Waals surface area contributed by atoms with Gasteiger partial charge in [0, 0.05) is 12.8 Å². The average molecular weight is 1130 g/mol. The van der Waals surface area contributed by atoms with Crippen molar-refractivity contribution in [1.82, 2.24) is 0 Å². The van der Waals surface area contributed by atoms with Crippen molar-refractivity contribution in [3.63, 3.8) is 0 Å². The molecule has 0 aromatic carbocycles. The number of hydrogen-bond donors (Lipinski definition) is 1. The zero-order valence-corrected chi connectivity index (χ0v) is 56.2. The van der Waals surface area contributed by atoms with Crippen LogP contribution in [-0.2, 0) is 9.59 Å². The molecule has 472 valence electrons. The lowest BCUT2D eigenvalue weighted by molar-refractivity contribution is -0.138. The summed E-state index contributed by atoms with van der Waals surface area (Å²) in [7, 11) is 0. The molecule has 0 aliphatic heterocycles. The lowest BCUT2D eigenvalue weighted by Crippen LogP contribution is -2.14. The molecule has 6 saturated carbocycles. The van der Waals surface area contributed by atoms with Gasteiger partial charge in [0.15, 0.2) is 0 Å². The van der Waals surface area contributed by atoms with Gasteiger partial charge in [-0.1, -0.05) is 236 Å². The van der Waals surface area contributed by atoms with Gasteiger partial charge < -0.3 is 9.90 Å². The van der Waals surface area contributed by atoms with Crippen LogP contribution in [-0.4, -0.2) is 17.4 Å². The van der Waals surface area contributed by atoms with Gasteiger partial charge in [-0.3, -0.25) is 4.79 Å². The van der Waals surface area contributed by atoms with Crippen LogP contribution in [0.25, 0.3) is 0 Å². The maximum atomic E-state index is 11.5. The predicted molar refractivity (Wildman–Crippen MR) is 350 cm³/mol. The van der Waals surface area contributed by atoms with Crippen LogP contribution in [0.5, 0.6) is 0 Å². The Morgan fingerprint density at radius 3 is 1.12 bits per heavy atom. The second kappa shape index (κ2) is 37.7. The molecule has 0 heterocycles. The molecule has 6 aliphatic carbocycles. The van der Waals surface area contributed by atoms with Gasteiger partial charge >= 0.3 is 5.97 Å². The second-order valence-corrected chi connectivity index (χ2v) is 33.4. The number of carbonyl (C=O) groups is 2. The molecule has 20 atom stereocenters. The predicted octanol–water partition coefficient (Wildman–Crippen LogP) is 24.3. The van der Waals surface area contributed by atoms with E-state index in [-0.39, 0.29) is 0 Å². The Hall–Kier alpha value is -0.860. The second-order valence-electron chi connectivity index (χ2n) is 33.4. The van der Waals surface area contributed by atoms with Crippen LogP contribution < -0.4 is 0 Å². The molecular formula is C78H142O3. The minimum atomic E-state index is -0.587. The third-order valence-corrected chi connectivity index (χ3v) is 26.0. The molecule has 6 fully saturated rings. The molecule has 0 spiro atoms. The van der Waals surface area contributed by atoms with Gasteiger partial charge in [0.1, 0.15) is 6.29 Å². The Labute approximate surface area is 506 Å². The molecule has 20 unspecified atom stereocenters. The molecule has 0 aromatic rings. The van der Waals surface area contributed by atoms with Crippen LogP contribution in [0.1, 0.15) is 352 Å². The quantitative estimate of drug-likeness (QED) is 0.0619. The average Bonchev–Trinajstić information content (AvgIpc) is 4.33. The van der Waals surface area contributed by atoms with Gasteiger partial charge in [-0.2, -0.15) is 0 Å². The molecule has 6 rings (SSSR count). The fourth-order valence-corrected chi connectivity index (χ4v) is 19.9. The highest BCUT2D eigenvalue weighted by Crippen LogP contribution is 2.50. The molecule has 0 saturated heterocycles. The summed E-state index contributed by atoms with van der Waals surface area (Å²) in [4.78, 5) is 22.8. The van der Waals surface area contributed by atoms with Gasteiger partial charge in [0.05, 0.1) is 0 Å². The molecule has 0 radical (unpaired) electrons. The van der Waals surface area contributed by atoms with Crippen molar-refractivity contribution in [2.24, 2.45) is 130 Å². The first kappa shape index (κ1) is 69.2. The lowest BCUT2D eigenvalue weighted by atomic mass is 9.79. The monoisotopic (exact) mass is 1130 g/mol. The minimum absolute atomic E-state index is 0.396. The molecule has 1 N–H and O–H groups in total. The van der Waals surface area contributed by atoms with Crippen molar-refractivity contribution in [2.75, 3.05) is 0 Å². The molecule has 6 aliphatic rings. The first-order chi connectivity index (χ1) is 39.0. The Morgan fingerprint density at radius 1 is 0.358 bits per heavy atom. The molecule has 3 nitrogen and oxygen atoms in total. The third kappa shape index (κ3) is 25.8. The number of rotatable bonds is 43. The van der Waals surface area contributed by atoms with Crippen LogP contribution in [0, 0.1) is 130 Å². The summed E-state index contributed by atoms with van der Waals surface area (Å²) < 4.78 is 0. The summed E-state index contributed by atoms with van der Waals surface area (Å²) in [5, 5.41) is 9.47. The van der Waals surface area contributed by atoms with Crippen LogP contribution in [0.15, 0.2) is 0 Å². The van der Waals surface area contributed by atoms with Crippen LogP contribution in [0.4, 0.5) is 0 Å². The fraction of sp³-hybridized carbons (Fsp3) is 0.974. The maximum absolute atomic E-state index is 11.5. The van der Waals surface area contributed by atoms with E-state index in [4.69, 9.17) is 0 Å². The Bertz CT molecular complexity index is 1650. The third-order valence-electron chi connectivity index (χ3n) is 26.0. The molecule has 0 amide bonds. The lowest BCUT2D eigenvalue weighted by Gasteiger charge is -2.26. The Balaban J connectivity index is 1.00. The highest BCUT2D eigenvalue weighted by molar-refractivity contribution is 5.67. The highest BCUT2D eigenvalue weighted by Gasteiger charge is 2.39. The number of aldehydes is 1. The summed E-state index contributed by atoms with van der Waals surface area (Å²) in [6, 6.07) is 0. The normalized spacial score (nSPS) is 32.0. The Morgan fingerprint density at radius 2 is 0.704 bits per heavy atom. The van der Waals surface area contributed by atoms with Crippen molar-refractivity contribution >= 4 is 12.3 Å². The van der Waals surface area contributed by atoms with E-state index < -0.39 is 5.97 Å². The fourth-order valence-electron chi connectivity index (χ4n) is 19.9. The van der Waals surface area contributed by atoms with Crippen molar-refractivity contribution in [2.45, 2.75) is 352 Å². The zero-order chi connectivity index (χ0) is 58.1. The summed E-state index contributed by atoms with van der Waals surface area (Å²) >= 11 is 0. The molecule has 0 bridgehead atoms. The summed E-state index contributed by atoms with van der Waals surface area (Å²) in [5.74, 6) is 18.7. The topological polar surface area (TPSA) is 54.4 Å². The summed E-state index contributed by atoms with van der Waals surface area (Å²) in [6.07, 6.45) is 62.7. The molecule has 3 heteroatoms.